The molecule has 0 aliphatic heterocycles. The Bertz CT molecular complexity index is 940. The highest BCUT2D eigenvalue weighted by Gasteiger charge is 2.63. The second-order valence-corrected chi connectivity index (χ2v) is 10.1. The van der Waals surface area contributed by atoms with Gasteiger partial charge < -0.3 is 14.2 Å². The van der Waals surface area contributed by atoms with E-state index in [1.807, 2.05) is 0 Å². The lowest BCUT2D eigenvalue weighted by Crippen LogP contribution is -2.51. The molecular formula is C21H28F2O7S. The molecule has 0 spiro atoms. The maximum absolute atomic E-state index is 15.0. The monoisotopic (exact) mass is 461 g/mol. The van der Waals surface area contributed by atoms with Gasteiger partial charge >= 0.3 is 10.4 Å². The number of hydrogen-bond acceptors (Lipinski definition) is 6. The van der Waals surface area contributed by atoms with Gasteiger partial charge in [0.15, 0.2) is 18.4 Å². The quantitative estimate of drug-likeness (QED) is 0.513. The van der Waals surface area contributed by atoms with E-state index < -0.39 is 33.9 Å². The summed E-state index contributed by atoms with van der Waals surface area (Å²) in [4.78, 5) is 0. The summed E-state index contributed by atoms with van der Waals surface area (Å²) in [5.41, 5.74) is 0.941. The summed E-state index contributed by atoms with van der Waals surface area (Å²) in [6, 6.07) is 3.16. The molecule has 3 aliphatic carbocycles. The van der Waals surface area contributed by atoms with Gasteiger partial charge in [0.2, 0.25) is 0 Å². The van der Waals surface area contributed by atoms with Gasteiger partial charge in [0, 0.05) is 25.6 Å². The van der Waals surface area contributed by atoms with Gasteiger partial charge in [-0.05, 0) is 60.8 Å². The minimum Gasteiger partial charge on any atom is -0.464 e. The van der Waals surface area contributed by atoms with Crippen LogP contribution in [0.2, 0.25) is 0 Å². The maximum atomic E-state index is 15.0. The smallest absolute Gasteiger partial charge is 0.397 e. The molecule has 31 heavy (non-hydrogen) atoms. The normalized spacial score (nSPS) is 37.1. The lowest BCUT2D eigenvalue weighted by Gasteiger charge is -2.53. The summed E-state index contributed by atoms with van der Waals surface area (Å²) in [6.45, 7) is 1.74. The fraction of sp³-hybridized carbons (Fsp3) is 0.714. The molecule has 1 N–H and O–H groups in total. The molecule has 0 saturated heterocycles. The number of fused-ring (bicyclic) bond motifs is 5. The summed E-state index contributed by atoms with van der Waals surface area (Å²) in [5, 5.41) is 0. The number of alkyl halides is 1. The Kier molecular flexibility index (Phi) is 6.06. The average molecular weight is 462 g/mol. The van der Waals surface area contributed by atoms with Gasteiger partial charge in [-0.2, -0.15) is 8.42 Å². The molecule has 1 aromatic carbocycles. The van der Waals surface area contributed by atoms with Crippen LogP contribution in [0.15, 0.2) is 12.1 Å². The van der Waals surface area contributed by atoms with Crippen LogP contribution in [0, 0.1) is 23.1 Å². The molecule has 2 fully saturated rings. The predicted octanol–water partition coefficient (Wildman–Crippen LogP) is 3.43. The van der Waals surface area contributed by atoms with Crippen LogP contribution >= 0.6 is 0 Å². The summed E-state index contributed by atoms with van der Waals surface area (Å²) in [5.74, 6) is -0.752. The van der Waals surface area contributed by atoms with E-state index in [0.717, 1.165) is 17.5 Å². The van der Waals surface area contributed by atoms with E-state index >= 15 is 0 Å². The van der Waals surface area contributed by atoms with Gasteiger partial charge in [0.25, 0.3) is 0 Å². The molecule has 4 rings (SSSR count). The Labute approximate surface area is 181 Å². The number of halogens is 2. The highest BCUT2D eigenvalue weighted by Crippen LogP contribution is 2.63. The largest absolute Gasteiger partial charge is 0.464 e. The van der Waals surface area contributed by atoms with Crippen molar-refractivity contribution in [3.63, 3.8) is 0 Å². The molecule has 0 heterocycles. The van der Waals surface area contributed by atoms with E-state index in [9.17, 15) is 21.8 Å². The number of aryl methyl sites for hydroxylation is 1. The molecule has 0 aromatic heterocycles. The SMILES string of the molecule is COCOc1cc2c(cc1F)[C@@H]1[C@@H](CC2)[C@@H]2C[C@@H]([18F])[C@H](OS(=O)(=O)O)[C@@]2(C)C[C@@H]1OC. The topological polar surface area (TPSA) is 91.3 Å². The lowest BCUT2D eigenvalue weighted by atomic mass is 9.54. The summed E-state index contributed by atoms with van der Waals surface area (Å²) in [7, 11) is -1.80. The first-order chi connectivity index (χ1) is 14.6. The number of ether oxygens (including phenoxy) is 3. The van der Waals surface area contributed by atoms with Crippen LogP contribution in [-0.4, -0.2) is 52.4 Å². The van der Waals surface area contributed by atoms with E-state index in [1.165, 1.54) is 13.2 Å². The van der Waals surface area contributed by atoms with Crippen molar-refractivity contribution < 1.29 is 40.1 Å². The highest BCUT2D eigenvalue weighted by molar-refractivity contribution is 7.80. The fourth-order valence-corrected chi connectivity index (χ4v) is 6.92. The zero-order chi connectivity index (χ0) is 22.6. The molecule has 174 valence electrons. The second kappa shape index (κ2) is 8.22. The van der Waals surface area contributed by atoms with Crippen LogP contribution in [0.4, 0.5) is 8.78 Å². The van der Waals surface area contributed by atoms with Gasteiger partial charge in [0.05, 0.1) is 6.10 Å². The fourth-order valence-electron chi connectivity index (χ4n) is 6.31. The Balaban J connectivity index is 1.71. The molecule has 3 aliphatic rings. The van der Waals surface area contributed by atoms with Crippen LogP contribution < -0.4 is 4.74 Å². The molecule has 7 atom stereocenters. The van der Waals surface area contributed by atoms with Crippen LogP contribution in [0.5, 0.6) is 5.75 Å². The summed E-state index contributed by atoms with van der Waals surface area (Å²) < 4.78 is 82.4. The van der Waals surface area contributed by atoms with Crippen molar-refractivity contribution >= 4 is 10.4 Å². The van der Waals surface area contributed by atoms with Crippen molar-refractivity contribution in [2.24, 2.45) is 17.3 Å². The minimum atomic E-state index is -4.80. The van der Waals surface area contributed by atoms with Crippen LogP contribution in [-0.2, 0) is 30.5 Å². The molecule has 0 unspecified atom stereocenters. The molecule has 0 bridgehead atoms. The highest BCUT2D eigenvalue weighted by atomic mass is 32.3. The third-order valence-corrected chi connectivity index (χ3v) is 7.93. The van der Waals surface area contributed by atoms with E-state index in [-0.39, 0.29) is 42.8 Å². The summed E-state index contributed by atoms with van der Waals surface area (Å²) in [6.07, 6.45) is -1.36. The second-order valence-electron chi connectivity index (χ2n) is 9.05. The van der Waals surface area contributed by atoms with Gasteiger partial charge in [0.1, 0.15) is 12.3 Å². The number of methoxy groups -OCH3 is 2. The summed E-state index contributed by atoms with van der Waals surface area (Å²) >= 11 is 0. The first-order valence-corrected chi connectivity index (χ1v) is 11.7. The maximum Gasteiger partial charge on any atom is 0.397 e. The Morgan fingerprint density at radius 2 is 2.03 bits per heavy atom. The number of benzene rings is 1. The Morgan fingerprint density at radius 1 is 1.29 bits per heavy atom. The van der Waals surface area contributed by atoms with Crippen molar-refractivity contribution in [3.8, 4) is 5.75 Å². The van der Waals surface area contributed by atoms with Gasteiger partial charge in [-0.25, -0.2) is 13.0 Å². The van der Waals surface area contributed by atoms with Crippen LogP contribution in [0.3, 0.4) is 0 Å². The average Bonchev–Trinajstić information content (AvgIpc) is 2.94. The van der Waals surface area contributed by atoms with Gasteiger partial charge in [-0.1, -0.05) is 6.92 Å². The van der Waals surface area contributed by atoms with Crippen molar-refractivity contribution in [2.75, 3.05) is 21.0 Å². The molecular weight excluding hydrogens is 433 g/mol. The van der Waals surface area contributed by atoms with Crippen LogP contribution in [0.1, 0.15) is 43.2 Å². The van der Waals surface area contributed by atoms with Crippen molar-refractivity contribution in [1.29, 1.82) is 0 Å². The predicted molar refractivity (Wildman–Crippen MR) is 106 cm³/mol. The van der Waals surface area contributed by atoms with Gasteiger partial charge in [-0.3, -0.25) is 4.55 Å². The first kappa shape index (κ1) is 22.8. The Hall–Kier alpha value is -1.33. The zero-order valence-corrected chi connectivity index (χ0v) is 18.5. The van der Waals surface area contributed by atoms with E-state index in [2.05, 4.69) is 0 Å². The molecule has 7 nitrogen and oxygen atoms in total. The third kappa shape index (κ3) is 3.97. The molecule has 0 amide bonds. The first-order valence-electron chi connectivity index (χ1n) is 10.4. The minimum absolute atomic E-state index is 0.0328. The van der Waals surface area contributed by atoms with E-state index in [4.69, 9.17) is 18.4 Å². The zero-order valence-electron chi connectivity index (χ0n) is 17.7. The van der Waals surface area contributed by atoms with Crippen molar-refractivity contribution in [3.05, 3.63) is 29.1 Å². The molecule has 2 saturated carbocycles. The molecule has 0 radical (unpaired) electrons. The van der Waals surface area contributed by atoms with Crippen LogP contribution in [0.25, 0.3) is 0 Å². The van der Waals surface area contributed by atoms with Crippen molar-refractivity contribution in [1.82, 2.24) is 0 Å². The Morgan fingerprint density at radius 3 is 2.68 bits per heavy atom. The van der Waals surface area contributed by atoms with Gasteiger partial charge in [-0.15, -0.1) is 0 Å². The third-order valence-electron chi connectivity index (χ3n) is 7.48. The van der Waals surface area contributed by atoms with Crippen molar-refractivity contribution in [2.45, 2.75) is 56.9 Å². The standard InChI is InChI=1S/C21H28F2O7S/c1-21-9-18(28-3)19-12(14(21)8-16(23)20(21)30-31(24,25)26)5-4-11-6-17(29-10-27-2)15(22)7-13(11)19/h6-7,12,14,16,18-20H,4-5,8-10H2,1-3H3,(H,24,25,26)/t12-,14-,16+,18-,19-,20-,21-/m0/s1/i23-1. The van der Waals surface area contributed by atoms with E-state index in [1.54, 1.807) is 20.1 Å². The number of hydrogen-bond donors (Lipinski definition) is 1. The molecule has 10 heteroatoms. The van der Waals surface area contributed by atoms with E-state index in [0.29, 0.717) is 12.8 Å². The lowest BCUT2D eigenvalue weighted by molar-refractivity contribution is -0.0915. The number of rotatable bonds is 6. The molecule has 1 aromatic rings.